The highest BCUT2D eigenvalue weighted by atomic mass is 19.4. The van der Waals surface area contributed by atoms with Crippen molar-refractivity contribution < 1.29 is 35.6 Å². The number of piperazine rings is 1. The summed E-state index contributed by atoms with van der Waals surface area (Å²) in [6.45, 7) is 0.0147. The van der Waals surface area contributed by atoms with Crippen LogP contribution in [0.4, 0.5) is 26.3 Å². The summed E-state index contributed by atoms with van der Waals surface area (Å²) in [5.41, 5.74) is -0.548. The lowest BCUT2D eigenvalue weighted by atomic mass is 9.92. The van der Waals surface area contributed by atoms with E-state index in [-0.39, 0.29) is 49.8 Å². The number of benzene rings is 1. The van der Waals surface area contributed by atoms with Gasteiger partial charge in [-0.2, -0.15) is 13.2 Å². The first-order valence-electron chi connectivity index (χ1n) is 9.43. The highest BCUT2D eigenvalue weighted by Gasteiger charge is 2.58. The molecule has 162 valence electrons. The molecule has 30 heavy (non-hydrogen) atoms. The fraction of sp³-hybridized carbons (Fsp3) is 0.526. The number of nitrogens with zero attached hydrogens (tertiary/aromatic N) is 4. The van der Waals surface area contributed by atoms with Crippen LogP contribution in [0.5, 0.6) is 0 Å². The van der Waals surface area contributed by atoms with Gasteiger partial charge < -0.3 is 4.90 Å². The molecule has 1 amide bonds. The molecule has 1 aromatic carbocycles. The van der Waals surface area contributed by atoms with Gasteiger partial charge in [-0.25, -0.2) is 17.7 Å². The second-order valence-electron chi connectivity index (χ2n) is 8.38. The van der Waals surface area contributed by atoms with Gasteiger partial charge in [0.2, 0.25) is 11.7 Å². The normalized spacial score (nSPS) is 25.0. The molecule has 4 rings (SSSR count). The zero-order valence-corrected chi connectivity index (χ0v) is 16.1. The molecule has 0 bridgehead atoms. The van der Waals surface area contributed by atoms with E-state index in [0.717, 1.165) is 6.07 Å². The Balaban J connectivity index is 1.42. The molecule has 2 aliphatic heterocycles. The molecule has 1 unspecified atom stereocenters. The Hall–Kier alpha value is -2.43. The number of amidine groups is 2. The van der Waals surface area contributed by atoms with Gasteiger partial charge in [-0.3, -0.25) is 4.79 Å². The summed E-state index contributed by atoms with van der Waals surface area (Å²) >= 11 is 0. The van der Waals surface area contributed by atoms with Crippen LogP contribution in [-0.4, -0.2) is 59.8 Å². The molecule has 0 spiro atoms. The summed E-state index contributed by atoms with van der Waals surface area (Å²) in [5.74, 6) is -4.44. The fourth-order valence-corrected chi connectivity index (χ4v) is 4.10. The first-order chi connectivity index (χ1) is 13.9. The van der Waals surface area contributed by atoms with E-state index >= 15 is 0 Å². The first kappa shape index (κ1) is 20.8. The van der Waals surface area contributed by atoms with Crippen molar-refractivity contribution in [2.45, 2.75) is 31.9 Å². The van der Waals surface area contributed by atoms with Crippen molar-refractivity contribution in [2.24, 2.45) is 15.6 Å². The summed E-state index contributed by atoms with van der Waals surface area (Å²) in [4.78, 5) is 14.2. The first-order valence-corrected chi connectivity index (χ1v) is 9.43. The van der Waals surface area contributed by atoms with E-state index < -0.39 is 39.4 Å². The van der Waals surface area contributed by atoms with Crippen LogP contribution in [0.15, 0.2) is 22.3 Å². The molecule has 0 N–H and O–H groups in total. The number of carbonyl (C=O) groups excluding carboxylic acids is 1. The molecule has 0 aromatic heterocycles. The quantitative estimate of drug-likeness (QED) is 0.408. The number of likely N-dealkylation sites (N-methyl/N-ethyl adjacent to an activating group) is 1. The third kappa shape index (κ3) is 3.59. The van der Waals surface area contributed by atoms with E-state index in [1.165, 1.54) is 11.9 Å². The topological polar surface area (TPSA) is 45.0 Å². The maximum absolute atomic E-state index is 14.0. The Labute approximate surface area is 168 Å². The number of amides is 1. The Kier molecular flexibility index (Phi) is 4.72. The predicted molar refractivity (Wildman–Crippen MR) is 94.9 cm³/mol. The van der Waals surface area contributed by atoms with Crippen LogP contribution in [-0.2, 0) is 11.2 Å². The number of alkyl halides is 3. The molecule has 5 nitrogen and oxygen atoms in total. The van der Waals surface area contributed by atoms with E-state index in [4.69, 9.17) is 0 Å². The predicted octanol–water partition coefficient (Wildman–Crippen LogP) is 3.39. The molecule has 1 aliphatic carbocycles. The van der Waals surface area contributed by atoms with E-state index in [1.807, 2.05) is 0 Å². The van der Waals surface area contributed by atoms with Crippen LogP contribution in [0, 0.1) is 22.9 Å². The number of hydrogen-bond donors (Lipinski definition) is 0. The maximum atomic E-state index is 14.0. The van der Waals surface area contributed by atoms with Gasteiger partial charge in [-0.1, -0.05) is 10.2 Å². The highest BCUT2D eigenvalue weighted by Crippen LogP contribution is 2.52. The standard InChI is InChI=1S/C19H19F6N4O/c1-29-5-4-28(10-15(29)26-27-17(29)19(23,24)25)16(30)9-18(2-3-18)8-11-6-13(21)14(22)7-12(11)20/h6-7H,2-5,8-10H2,1H3/q+1. The minimum absolute atomic E-state index is 0.00507. The molecule has 1 saturated carbocycles. The number of rotatable bonds is 4. The van der Waals surface area contributed by atoms with Gasteiger partial charge in [-0.15, -0.1) is 0 Å². The summed E-state index contributed by atoms with van der Waals surface area (Å²) < 4.78 is 79.5. The van der Waals surface area contributed by atoms with Crippen LogP contribution in [0.25, 0.3) is 0 Å². The van der Waals surface area contributed by atoms with E-state index in [9.17, 15) is 31.1 Å². The third-order valence-corrected chi connectivity index (χ3v) is 6.19. The van der Waals surface area contributed by atoms with Crippen molar-refractivity contribution in [2.75, 3.05) is 26.7 Å². The molecule has 0 radical (unpaired) electrons. The number of quaternary nitrogens is 1. The summed E-state index contributed by atoms with van der Waals surface area (Å²) in [6, 6.07) is 1.30. The Morgan fingerprint density at radius 3 is 2.43 bits per heavy atom. The van der Waals surface area contributed by atoms with Gasteiger partial charge >= 0.3 is 12.0 Å². The average molecular weight is 433 g/mol. The molecule has 1 atom stereocenters. The van der Waals surface area contributed by atoms with Gasteiger partial charge in [0.05, 0.1) is 13.6 Å². The van der Waals surface area contributed by atoms with Crippen LogP contribution in [0.3, 0.4) is 0 Å². The van der Waals surface area contributed by atoms with E-state index in [2.05, 4.69) is 10.2 Å². The lowest BCUT2D eigenvalue weighted by Crippen LogP contribution is -2.65. The summed E-state index contributed by atoms with van der Waals surface area (Å²) in [5, 5.41) is 6.95. The van der Waals surface area contributed by atoms with Gasteiger partial charge in [0.1, 0.15) is 18.9 Å². The lowest BCUT2D eigenvalue weighted by Gasteiger charge is -2.39. The van der Waals surface area contributed by atoms with Crippen LogP contribution < -0.4 is 0 Å². The molecular weight excluding hydrogens is 414 g/mol. The lowest BCUT2D eigenvalue weighted by molar-refractivity contribution is -0.734. The summed E-state index contributed by atoms with van der Waals surface area (Å²) in [6.07, 6.45) is -3.22. The second kappa shape index (κ2) is 6.79. The van der Waals surface area contributed by atoms with Crippen molar-refractivity contribution in [3.8, 4) is 0 Å². The van der Waals surface area contributed by atoms with Crippen LogP contribution in [0.1, 0.15) is 24.8 Å². The number of fused-ring (bicyclic) bond motifs is 1. The van der Waals surface area contributed by atoms with Crippen molar-refractivity contribution in [3.63, 3.8) is 0 Å². The summed E-state index contributed by atoms with van der Waals surface area (Å²) in [7, 11) is 1.37. The van der Waals surface area contributed by atoms with E-state index in [1.54, 1.807) is 0 Å². The number of carbonyl (C=O) groups is 1. The Morgan fingerprint density at radius 1 is 1.13 bits per heavy atom. The fourth-order valence-electron chi connectivity index (χ4n) is 4.10. The largest absolute Gasteiger partial charge is 0.489 e. The molecule has 2 heterocycles. The molecule has 2 fully saturated rings. The zero-order valence-electron chi connectivity index (χ0n) is 16.1. The van der Waals surface area contributed by atoms with Crippen molar-refractivity contribution in [3.05, 3.63) is 35.1 Å². The third-order valence-electron chi connectivity index (χ3n) is 6.19. The second-order valence-corrected chi connectivity index (χ2v) is 8.38. The zero-order chi connectivity index (χ0) is 21.9. The smallest absolute Gasteiger partial charge is 0.325 e. The molecule has 11 heteroatoms. The van der Waals surface area contributed by atoms with Crippen LogP contribution in [0.2, 0.25) is 0 Å². The Morgan fingerprint density at radius 2 is 1.80 bits per heavy atom. The van der Waals surface area contributed by atoms with Crippen molar-refractivity contribution >= 4 is 17.6 Å². The van der Waals surface area contributed by atoms with Gasteiger partial charge in [-0.05, 0) is 36.3 Å². The molecule has 1 saturated heterocycles. The maximum Gasteiger partial charge on any atom is 0.489 e. The van der Waals surface area contributed by atoms with Crippen LogP contribution >= 0.6 is 0 Å². The van der Waals surface area contributed by atoms with Gasteiger partial charge in [0.25, 0.3) is 0 Å². The Bertz CT molecular complexity index is 969. The molecule has 3 aliphatic rings. The number of hydrogen-bond acceptors (Lipinski definition) is 3. The SMILES string of the molecule is C[N+]12CCN(C(=O)CC3(Cc4cc(F)c(F)cc4F)CC3)CC1=NN=C2C(F)(F)F. The van der Waals surface area contributed by atoms with Crippen molar-refractivity contribution in [1.82, 2.24) is 4.90 Å². The average Bonchev–Trinajstić information content (AvgIpc) is 3.28. The number of halogens is 6. The van der Waals surface area contributed by atoms with Gasteiger partial charge in [0.15, 0.2) is 11.6 Å². The van der Waals surface area contributed by atoms with Crippen molar-refractivity contribution in [1.29, 1.82) is 0 Å². The minimum Gasteiger partial charge on any atom is -0.325 e. The molecule has 1 aromatic rings. The highest BCUT2D eigenvalue weighted by molar-refractivity contribution is 5.99. The van der Waals surface area contributed by atoms with E-state index in [0.29, 0.717) is 18.9 Å². The molecular formula is C19H19F6N4O+. The van der Waals surface area contributed by atoms with Gasteiger partial charge in [0, 0.05) is 12.5 Å². The minimum atomic E-state index is -4.61. The monoisotopic (exact) mass is 433 g/mol.